The first kappa shape index (κ1) is 10.2. The molecule has 1 saturated carbocycles. The molecular weight excluding hydrogens is 278 g/mol. The molecule has 2 aromatic rings. The third-order valence-corrected chi connectivity index (χ3v) is 3.55. The van der Waals surface area contributed by atoms with E-state index in [0.29, 0.717) is 28.2 Å². The van der Waals surface area contributed by atoms with Crippen molar-refractivity contribution < 1.29 is 8.78 Å². The van der Waals surface area contributed by atoms with Crippen molar-refractivity contribution >= 4 is 26.8 Å². The Kier molecular flexibility index (Phi) is 2.08. The van der Waals surface area contributed by atoms with E-state index in [-0.39, 0.29) is 12.4 Å². The third kappa shape index (κ3) is 1.54. The molecular formula is C11H9BrF2N2. The lowest BCUT2D eigenvalue weighted by Gasteiger charge is -2.06. The lowest BCUT2D eigenvalue weighted by molar-refractivity contribution is 0.264. The largest absolute Gasteiger partial charge is 0.262 e. The van der Waals surface area contributed by atoms with Crippen molar-refractivity contribution in [3.05, 3.63) is 28.6 Å². The molecule has 16 heavy (non-hydrogen) atoms. The van der Waals surface area contributed by atoms with E-state index >= 15 is 0 Å². The molecule has 84 valence electrons. The lowest BCUT2D eigenvalue weighted by atomic mass is 10.2. The highest BCUT2D eigenvalue weighted by Crippen LogP contribution is 2.41. The fraction of sp³-hybridized carbons (Fsp3) is 0.364. The average molecular weight is 287 g/mol. The topological polar surface area (TPSA) is 17.8 Å². The van der Waals surface area contributed by atoms with Crippen molar-refractivity contribution in [3.8, 4) is 0 Å². The molecule has 0 atom stereocenters. The van der Waals surface area contributed by atoms with Crippen LogP contribution in [0.15, 0.2) is 22.8 Å². The van der Waals surface area contributed by atoms with Crippen LogP contribution in [0, 0.1) is 5.82 Å². The Morgan fingerprint density at radius 1 is 1.44 bits per heavy atom. The van der Waals surface area contributed by atoms with Gasteiger partial charge in [0.2, 0.25) is 0 Å². The monoisotopic (exact) mass is 286 g/mol. The van der Waals surface area contributed by atoms with Crippen LogP contribution in [0.2, 0.25) is 0 Å². The zero-order chi connectivity index (χ0) is 11.3. The van der Waals surface area contributed by atoms with Crippen LogP contribution in [0.4, 0.5) is 8.78 Å². The second kappa shape index (κ2) is 3.26. The van der Waals surface area contributed by atoms with E-state index in [9.17, 15) is 8.78 Å². The predicted octanol–water partition coefficient (Wildman–Crippen LogP) is 3.44. The molecule has 1 heterocycles. The van der Waals surface area contributed by atoms with Crippen molar-refractivity contribution in [1.29, 1.82) is 0 Å². The molecule has 0 bridgehead atoms. The van der Waals surface area contributed by atoms with E-state index in [1.54, 1.807) is 12.1 Å². The van der Waals surface area contributed by atoms with E-state index in [1.807, 2.05) is 0 Å². The number of nitrogens with zero attached hydrogens (tertiary/aromatic N) is 2. The minimum Gasteiger partial charge on any atom is -0.262 e. The first-order valence-corrected chi connectivity index (χ1v) is 5.87. The van der Waals surface area contributed by atoms with Gasteiger partial charge in [-0.1, -0.05) is 0 Å². The highest BCUT2D eigenvalue weighted by Gasteiger charge is 2.44. The molecule has 0 aliphatic heterocycles. The zero-order valence-corrected chi connectivity index (χ0v) is 9.97. The van der Waals surface area contributed by atoms with Crippen molar-refractivity contribution in [3.63, 3.8) is 0 Å². The Balaban J connectivity index is 2.10. The highest BCUT2D eigenvalue weighted by atomic mass is 79.9. The van der Waals surface area contributed by atoms with Gasteiger partial charge in [0.05, 0.1) is 28.1 Å². The smallest absolute Gasteiger partial charge is 0.148 e. The van der Waals surface area contributed by atoms with Crippen LogP contribution in [-0.2, 0) is 6.54 Å². The summed E-state index contributed by atoms with van der Waals surface area (Å²) in [4.78, 5) is 0. The summed E-state index contributed by atoms with van der Waals surface area (Å²) in [6.45, 7) is 0.220. The van der Waals surface area contributed by atoms with Crippen molar-refractivity contribution in [2.24, 2.45) is 0 Å². The second-order valence-electron chi connectivity index (χ2n) is 4.25. The van der Waals surface area contributed by atoms with Crippen molar-refractivity contribution in [2.45, 2.75) is 25.1 Å². The summed E-state index contributed by atoms with van der Waals surface area (Å²) in [5.74, 6) is -0.340. The zero-order valence-electron chi connectivity index (χ0n) is 8.38. The molecule has 1 aliphatic carbocycles. The highest BCUT2D eigenvalue weighted by molar-refractivity contribution is 9.10. The summed E-state index contributed by atoms with van der Waals surface area (Å²) >= 11 is 3.11. The first-order valence-electron chi connectivity index (χ1n) is 5.07. The average Bonchev–Trinajstić information content (AvgIpc) is 2.83. The first-order chi connectivity index (χ1) is 7.59. The summed E-state index contributed by atoms with van der Waals surface area (Å²) < 4.78 is 29.2. The van der Waals surface area contributed by atoms with Gasteiger partial charge in [0.15, 0.2) is 0 Å². The molecule has 0 N–H and O–H groups in total. The van der Waals surface area contributed by atoms with E-state index in [2.05, 4.69) is 21.0 Å². The summed E-state index contributed by atoms with van der Waals surface area (Å²) in [6.07, 6.45) is 2.60. The number of rotatable bonds is 2. The number of benzene rings is 1. The SMILES string of the molecule is Fc1c(Br)ccc2c1cnn2CC1(F)CC1. The van der Waals surface area contributed by atoms with Crippen LogP contribution in [0.25, 0.3) is 10.9 Å². The molecule has 1 aliphatic rings. The molecule has 0 spiro atoms. The van der Waals surface area contributed by atoms with Gasteiger partial charge in [-0.25, -0.2) is 8.78 Å². The van der Waals surface area contributed by atoms with Crippen LogP contribution < -0.4 is 0 Å². The molecule has 2 nitrogen and oxygen atoms in total. The number of hydrogen-bond acceptors (Lipinski definition) is 1. The summed E-state index contributed by atoms with van der Waals surface area (Å²) in [5, 5.41) is 4.47. The van der Waals surface area contributed by atoms with Crippen LogP contribution >= 0.6 is 15.9 Å². The van der Waals surface area contributed by atoms with Gasteiger partial charge in [0.25, 0.3) is 0 Å². The fourth-order valence-electron chi connectivity index (χ4n) is 1.78. The van der Waals surface area contributed by atoms with E-state index in [1.165, 1.54) is 10.9 Å². The lowest BCUT2D eigenvalue weighted by Crippen LogP contribution is -2.13. The molecule has 5 heteroatoms. The van der Waals surface area contributed by atoms with Gasteiger partial charge in [-0.3, -0.25) is 4.68 Å². The maximum absolute atomic E-state index is 13.7. The molecule has 0 amide bonds. The maximum atomic E-state index is 13.7. The Bertz CT molecular complexity index is 560. The number of alkyl halides is 1. The van der Waals surface area contributed by atoms with Gasteiger partial charge in [-0.05, 0) is 40.9 Å². The third-order valence-electron chi connectivity index (χ3n) is 2.94. The van der Waals surface area contributed by atoms with Gasteiger partial charge < -0.3 is 0 Å². The van der Waals surface area contributed by atoms with Crippen molar-refractivity contribution in [1.82, 2.24) is 9.78 Å². The van der Waals surface area contributed by atoms with Gasteiger partial charge in [0, 0.05) is 0 Å². The van der Waals surface area contributed by atoms with Gasteiger partial charge >= 0.3 is 0 Å². The summed E-state index contributed by atoms with van der Waals surface area (Å²) in [5.41, 5.74) is -0.479. The van der Waals surface area contributed by atoms with E-state index in [4.69, 9.17) is 0 Å². The molecule has 1 aromatic carbocycles. The normalized spacial score (nSPS) is 17.9. The van der Waals surface area contributed by atoms with Gasteiger partial charge in [-0.2, -0.15) is 5.10 Å². The Morgan fingerprint density at radius 3 is 2.88 bits per heavy atom. The number of aromatic nitrogens is 2. The quantitative estimate of drug-likeness (QED) is 0.827. The molecule has 3 rings (SSSR count). The van der Waals surface area contributed by atoms with Crippen LogP contribution in [-0.4, -0.2) is 15.4 Å². The molecule has 1 fully saturated rings. The maximum Gasteiger partial charge on any atom is 0.148 e. The molecule has 0 unspecified atom stereocenters. The van der Waals surface area contributed by atoms with Crippen LogP contribution in [0.1, 0.15) is 12.8 Å². The standard InChI is InChI=1S/C11H9BrF2N2/c12-8-1-2-9-7(10(8)13)5-15-16(9)6-11(14)3-4-11/h1-2,5H,3-4,6H2. The second-order valence-corrected chi connectivity index (χ2v) is 5.10. The summed E-state index contributed by atoms with van der Waals surface area (Å²) in [7, 11) is 0. The molecule has 0 radical (unpaired) electrons. The minimum atomic E-state index is -1.12. The number of halogens is 3. The van der Waals surface area contributed by atoms with Crippen molar-refractivity contribution in [2.75, 3.05) is 0 Å². The van der Waals surface area contributed by atoms with Crippen LogP contribution in [0.3, 0.4) is 0 Å². The Hall–Kier alpha value is -0.970. The number of hydrogen-bond donors (Lipinski definition) is 0. The van der Waals surface area contributed by atoms with Gasteiger partial charge in [0.1, 0.15) is 11.5 Å². The minimum absolute atomic E-state index is 0.220. The fourth-order valence-corrected chi connectivity index (χ4v) is 2.13. The van der Waals surface area contributed by atoms with E-state index in [0.717, 1.165) is 0 Å². The Morgan fingerprint density at radius 2 is 2.19 bits per heavy atom. The molecule has 0 saturated heterocycles. The number of fused-ring (bicyclic) bond motifs is 1. The molecule has 1 aromatic heterocycles. The predicted molar refractivity (Wildman–Crippen MR) is 60.5 cm³/mol. The van der Waals surface area contributed by atoms with Crippen LogP contribution in [0.5, 0.6) is 0 Å². The van der Waals surface area contributed by atoms with Gasteiger partial charge in [-0.15, -0.1) is 0 Å². The van der Waals surface area contributed by atoms with E-state index < -0.39 is 5.67 Å². The summed E-state index contributed by atoms with van der Waals surface area (Å²) in [6, 6.07) is 3.37. The Labute approximate surface area is 99.4 Å².